The second kappa shape index (κ2) is 6.73. The Labute approximate surface area is 141 Å². The molecule has 1 saturated carbocycles. The molecule has 1 aliphatic heterocycles. The first kappa shape index (κ1) is 15.3. The van der Waals surface area contributed by atoms with Gasteiger partial charge in [0.1, 0.15) is 18.7 Å². The third-order valence-corrected chi connectivity index (χ3v) is 4.91. The summed E-state index contributed by atoms with van der Waals surface area (Å²) in [6, 6.07) is 10.6. The van der Waals surface area contributed by atoms with Crippen LogP contribution < -0.4 is 5.32 Å². The zero-order valence-electron chi connectivity index (χ0n) is 13.7. The summed E-state index contributed by atoms with van der Waals surface area (Å²) >= 11 is 0. The first-order valence-electron chi connectivity index (χ1n) is 8.75. The molecule has 6 heteroatoms. The summed E-state index contributed by atoms with van der Waals surface area (Å²) < 4.78 is 1.86. The molecule has 0 unspecified atom stereocenters. The maximum Gasteiger partial charge on any atom is 0.242 e. The van der Waals surface area contributed by atoms with Crippen molar-refractivity contribution in [1.29, 1.82) is 0 Å². The van der Waals surface area contributed by atoms with Gasteiger partial charge in [-0.05, 0) is 37.8 Å². The highest BCUT2D eigenvalue weighted by molar-refractivity contribution is 5.83. The van der Waals surface area contributed by atoms with Gasteiger partial charge in [0.05, 0.1) is 6.54 Å². The lowest BCUT2D eigenvalue weighted by Gasteiger charge is -2.32. The summed E-state index contributed by atoms with van der Waals surface area (Å²) in [7, 11) is 0. The number of aromatic nitrogens is 3. The summed E-state index contributed by atoms with van der Waals surface area (Å²) in [6.07, 6.45) is 7.72. The van der Waals surface area contributed by atoms with E-state index in [4.69, 9.17) is 0 Å². The number of amides is 1. The van der Waals surface area contributed by atoms with Crippen LogP contribution in [0, 0.1) is 0 Å². The number of carbonyl (C=O) groups is 1. The van der Waals surface area contributed by atoms with Gasteiger partial charge in [-0.1, -0.05) is 30.3 Å². The van der Waals surface area contributed by atoms with Crippen molar-refractivity contribution in [1.82, 2.24) is 25.0 Å². The topological polar surface area (TPSA) is 63.1 Å². The second-order valence-electron chi connectivity index (χ2n) is 6.75. The van der Waals surface area contributed by atoms with Gasteiger partial charge >= 0.3 is 0 Å². The van der Waals surface area contributed by atoms with Crippen LogP contribution in [-0.2, 0) is 11.3 Å². The summed E-state index contributed by atoms with van der Waals surface area (Å²) in [5, 5.41) is 7.42. The Morgan fingerprint density at radius 2 is 2.08 bits per heavy atom. The molecule has 2 aromatic rings. The Bertz CT molecular complexity index is 668. The van der Waals surface area contributed by atoms with E-state index in [9.17, 15) is 4.79 Å². The fraction of sp³-hybridized carbons (Fsp3) is 0.500. The van der Waals surface area contributed by atoms with Gasteiger partial charge in [0.2, 0.25) is 5.91 Å². The lowest BCUT2D eigenvalue weighted by Crippen LogP contribution is -2.44. The minimum absolute atomic E-state index is 0.134. The van der Waals surface area contributed by atoms with Crippen LogP contribution >= 0.6 is 0 Å². The largest absolute Gasteiger partial charge is 0.352 e. The molecule has 2 heterocycles. The maximum absolute atomic E-state index is 12.9. The highest BCUT2D eigenvalue weighted by atomic mass is 16.2. The van der Waals surface area contributed by atoms with Crippen molar-refractivity contribution < 1.29 is 4.79 Å². The summed E-state index contributed by atoms with van der Waals surface area (Å²) in [4.78, 5) is 19.3. The van der Waals surface area contributed by atoms with E-state index in [1.807, 2.05) is 22.9 Å². The number of nitrogens with zero attached hydrogens (tertiary/aromatic N) is 4. The van der Waals surface area contributed by atoms with Crippen LogP contribution in [0.1, 0.15) is 37.3 Å². The number of benzene rings is 1. The molecule has 1 N–H and O–H groups in total. The number of rotatable bonds is 6. The molecule has 1 amide bonds. The van der Waals surface area contributed by atoms with Gasteiger partial charge in [-0.25, -0.2) is 4.98 Å². The molecule has 4 rings (SSSR count). The van der Waals surface area contributed by atoms with Gasteiger partial charge in [0.15, 0.2) is 0 Å². The molecule has 0 bridgehead atoms. The molecule has 126 valence electrons. The Balaban J connectivity index is 1.57. The molecule has 2 fully saturated rings. The Hall–Kier alpha value is -2.21. The van der Waals surface area contributed by atoms with Gasteiger partial charge < -0.3 is 5.32 Å². The normalized spacial score (nSPS) is 22.4. The van der Waals surface area contributed by atoms with E-state index >= 15 is 0 Å². The number of hydrogen-bond acceptors (Lipinski definition) is 4. The highest BCUT2D eigenvalue weighted by Crippen LogP contribution is 2.31. The molecular formula is C18H23N5O. The van der Waals surface area contributed by atoms with Crippen LogP contribution in [0.2, 0.25) is 0 Å². The van der Waals surface area contributed by atoms with Gasteiger partial charge in [-0.15, -0.1) is 0 Å². The van der Waals surface area contributed by atoms with E-state index < -0.39 is 0 Å². The van der Waals surface area contributed by atoms with E-state index in [0.29, 0.717) is 12.1 Å². The number of nitrogens with one attached hydrogen (secondary N) is 1. The number of hydrogen-bond donors (Lipinski definition) is 1. The Morgan fingerprint density at radius 3 is 2.79 bits per heavy atom. The van der Waals surface area contributed by atoms with Gasteiger partial charge in [0, 0.05) is 12.1 Å². The standard InChI is InChI=1S/C18H23N5O/c24-18(21-15-8-9-15)17(14-5-2-1-3-6-14)23-10-4-7-16(23)11-22-13-19-12-20-22/h1-3,5-6,12-13,15-17H,4,7-11H2,(H,21,24)/t16-,17-/m1/s1. The lowest BCUT2D eigenvalue weighted by molar-refractivity contribution is -0.127. The van der Waals surface area contributed by atoms with E-state index in [0.717, 1.165) is 44.3 Å². The molecule has 2 atom stereocenters. The summed E-state index contributed by atoms with van der Waals surface area (Å²) in [5.41, 5.74) is 1.07. The molecule has 1 aromatic heterocycles. The quantitative estimate of drug-likeness (QED) is 0.879. The Kier molecular flexibility index (Phi) is 4.30. The first-order valence-corrected chi connectivity index (χ1v) is 8.75. The summed E-state index contributed by atoms with van der Waals surface area (Å²) in [5.74, 6) is 0.134. The van der Waals surface area contributed by atoms with Crippen LogP contribution in [0.4, 0.5) is 0 Å². The third kappa shape index (κ3) is 3.33. The molecule has 24 heavy (non-hydrogen) atoms. The van der Waals surface area contributed by atoms with Crippen molar-refractivity contribution >= 4 is 5.91 Å². The molecule has 0 radical (unpaired) electrons. The van der Waals surface area contributed by atoms with E-state index in [2.05, 4.69) is 32.4 Å². The van der Waals surface area contributed by atoms with Crippen molar-refractivity contribution in [2.45, 2.75) is 50.4 Å². The monoisotopic (exact) mass is 325 g/mol. The predicted molar refractivity (Wildman–Crippen MR) is 90.1 cm³/mol. The molecular weight excluding hydrogens is 302 g/mol. The molecule has 6 nitrogen and oxygen atoms in total. The van der Waals surface area contributed by atoms with Gasteiger partial charge in [-0.3, -0.25) is 14.4 Å². The van der Waals surface area contributed by atoms with Crippen molar-refractivity contribution in [3.63, 3.8) is 0 Å². The molecule has 1 aliphatic carbocycles. The van der Waals surface area contributed by atoms with Crippen molar-refractivity contribution in [3.05, 3.63) is 48.5 Å². The van der Waals surface area contributed by atoms with Crippen LogP contribution in [0.5, 0.6) is 0 Å². The van der Waals surface area contributed by atoms with E-state index in [1.165, 1.54) is 0 Å². The van der Waals surface area contributed by atoms with Crippen LogP contribution in [0.3, 0.4) is 0 Å². The first-order chi connectivity index (χ1) is 11.8. The fourth-order valence-corrected chi connectivity index (χ4v) is 3.57. The smallest absolute Gasteiger partial charge is 0.242 e. The third-order valence-electron chi connectivity index (χ3n) is 4.91. The number of carbonyl (C=O) groups excluding carboxylic acids is 1. The zero-order valence-corrected chi connectivity index (χ0v) is 13.7. The molecule has 2 aliphatic rings. The van der Waals surface area contributed by atoms with Gasteiger partial charge in [0.25, 0.3) is 0 Å². The average Bonchev–Trinajstić information content (AvgIpc) is 3.07. The van der Waals surface area contributed by atoms with E-state index in [-0.39, 0.29) is 11.9 Å². The molecule has 0 spiro atoms. The fourth-order valence-electron chi connectivity index (χ4n) is 3.57. The second-order valence-corrected chi connectivity index (χ2v) is 6.75. The predicted octanol–water partition coefficient (Wildman–Crippen LogP) is 1.76. The van der Waals surface area contributed by atoms with Gasteiger partial charge in [-0.2, -0.15) is 5.10 Å². The van der Waals surface area contributed by atoms with Crippen molar-refractivity contribution in [2.75, 3.05) is 6.54 Å². The average molecular weight is 325 g/mol. The number of likely N-dealkylation sites (tertiary alicyclic amines) is 1. The van der Waals surface area contributed by atoms with Crippen molar-refractivity contribution in [2.24, 2.45) is 0 Å². The summed E-state index contributed by atoms with van der Waals surface area (Å²) in [6.45, 7) is 1.72. The minimum atomic E-state index is -0.220. The Morgan fingerprint density at radius 1 is 1.25 bits per heavy atom. The van der Waals surface area contributed by atoms with E-state index in [1.54, 1.807) is 12.7 Å². The maximum atomic E-state index is 12.9. The SMILES string of the molecule is O=C(NC1CC1)[C@@H](c1ccccc1)N1CCC[C@@H]1Cn1cncn1. The molecule has 1 aromatic carbocycles. The lowest BCUT2D eigenvalue weighted by atomic mass is 10.0. The minimum Gasteiger partial charge on any atom is -0.352 e. The van der Waals surface area contributed by atoms with Crippen LogP contribution in [0.25, 0.3) is 0 Å². The highest BCUT2D eigenvalue weighted by Gasteiger charge is 2.37. The zero-order chi connectivity index (χ0) is 16.4. The van der Waals surface area contributed by atoms with Crippen LogP contribution in [-0.4, -0.2) is 44.2 Å². The van der Waals surface area contributed by atoms with Crippen LogP contribution in [0.15, 0.2) is 43.0 Å². The van der Waals surface area contributed by atoms with Crippen molar-refractivity contribution in [3.8, 4) is 0 Å². The molecule has 1 saturated heterocycles.